The van der Waals surface area contributed by atoms with E-state index in [1.807, 2.05) is 0 Å². The molecule has 0 radical (unpaired) electrons. The van der Waals surface area contributed by atoms with E-state index in [0.717, 1.165) is 4.31 Å². The van der Waals surface area contributed by atoms with Crippen molar-refractivity contribution in [1.82, 2.24) is 8.87 Å². The third-order valence-corrected chi connectivity index (χ3v) is 7.48. The van der Waals surface area contributed by atoms with Crippen molar-refractivity contribution in [2.45, 2.75) is 30.7 Å². The van der Waals surface area contributed by atoms with Crippen LogP contribution in [-0.4, -0.2) is 62.6 Å². The highest BCUT2D eigenvalue weighted by Gasteiger charge is 2.40. The number of nitrogens with zero attached hydrogens (tertiary/aromatic N) is 2. The number of sulfonamides is 1. The number of amides is 1. The molecule has 1 atom stereocenters. The van der Waals surface area contributed by atoms with Crippen LogP contribution in [0, 0.1) is 0 Å². The summed E-state index contributed by atoms with van der Waals surface area (Å²) in [4.78, 5) is 25.1. The lowest BCUT2D eigenvalue weighted by atomic mass is 10.2. The lowest BCUT2D eigenvalue weighted by Crippen LogP contribution is -2.43. The zero-order valence-corrected chi connectivity index (χ0v) is 20.3. The fourth-order valence-corrected chi connectivity index (χ4v) is 5.65. The number of halogens is 1. The number of carbonyl (C=O) groups is 2. The number of carbonyl (C=O) groups excluding carboxylic acids is 2. The monoisotopic (exact) mass is 499 g/mol. The Bertz CT molecular complexity index is 1160. The molecule has 1 N–H and O–H groups in total. The van der Waals surface area contributed by atoms with Gasteiger partial charge in [0.1, 0.15) is 33.8 Å². The maximum atomic E-state index is 13.3. The Balaban J connectivity index is 1.87. The Morgan fingerprint density at radius 1 is 1.21 bits per heavy atom. The third-order valence-electron chi connectivity index (χ3n) is 5.31. The molecule has 33 heavy (non-hydrogen) atoms. The van der Waals surface area contributed by atoms with Crippen LogP contribution in [0.25, 0.3) is 0 Å². The number of nitrogens with one attached hydrogen (secondary N) is 1. The van der Waals surface area contributed by atoms with Gasteiger partial charge in [-0.3, -0.25) is 4.79 Å². The predicted octanol–water partition coefficient (Wildman–Crippen LogP) is 2.66. The largest absolute Gasteiger partial charge is 0.497 e. The minimum absolute atomic E-state index is 0.0900. The molecule has 0 saturated carbocycles. The van der Waals surface area contributed by atoms with Gasteiger partial charge in [-0.1, -0.05) is 11.6 Å². The van der Waals surface area contributed by atoms with E-state index in [-0.39, 0.29) is 40.2 Å². The second-order valence-electron chi connectivity index (χ2n) is 7.34. The zero-order chi connectivity index (χ0) is 24.3. The van der Waals surface area contributed by atoms with Crippen LogP contribution in [-0.2, 0) is 26.6 Å². The van der Waals surface area contributed by atoms with Crippen molar-refractivity contribution in [2.75, 3.05) is 32.7 Å². The van der Waals surface area contributed by atoms with E-state index in [2.05, 4.69) is 5.32 Å². The Morgan fingerprint density at radius 2 is 1.94 bits per heavy atom. The number of hydrogen-bond donors (Lipinski definition) is 1. The summed E-state index contributed by atoms with van der Waals surface area (Å²) in [5, 5.41) is 2.88. The van der Waals surface area contributed by atoms with Crippen molar-refractivity contribution in [2.24, 2.45) is 7.05 Å². The number of aromatic nitrogens is 1. The highest BCUT2D eigenvalue weighted by atomic mass is 35.5. The van der Waals surface area contributed by atoms with Gasteiger partial charge < -0.3 is 24.1 Å². The van der Waals surface area contributed by atoms with Crippen molar-refractivity contribution in [1.29, 1.82) is 0 Å². The number of hydrogen-bond acceptors (Lipinski definition) is 7. The van der Waals surface area contributed by atoms with Crippen LogP contribution in [0.2, 0.25) is 5.02 Å². The van der Waals surface area contributed by atoms with Gasteiger partial charge in [0.15, 0.2) is 0 Å². The van der Waals surface area contributed by atoms with E-state index in [1.165, 1.54) is 37.1 Å². The van der Waals surface area contributed by atoms with Gasteiger partial charge in [-0.25, -0.2) is 13.2 Å². The van der Waals surface area contributed by atoms with Crippen LogP contribution in [0.1, 0.15) is 30.3 Å². The van der Waals surface area contributed by atoms with Crippen molar-refractivity contribution >= 4 is 39.2 Å². The molecule has 1 fully saturated rings. The van der Waals surface area contributed by atoms with Crippen LogP contribution in [0.15, 0.2) is 29.3 Å². The number of ether oxygens (including phenoxy) is 3. The van der Waals surface area contributed by atoms with Gasteiger partial charge in [0.2, 0.25) is 15.9 Å². The summed E-state index contributed by atoms with van der Waals surface area (Å²) in [5.74, 6) is -0.440. The number of esters is 1. The molecule has 2 heterocycles. The highest BCUT2D eigenvalue weighted by molar-refractivity contribution is 7.89. The summed E-state index contributed by atoms with van der Waals surface area (Å²) in [5.41, 5.74) is 0.323. The van der Waals surface area contributed by atoms with Crippen molar-refractivity contribution in [3.8, 4) is 11.5 Å². The second-order valence-corrected chi connectivity index (χ2v) is 9.64. The maximum Gasteiger partial charge on any atom is 0.354 e. The fourth-order valence-electron chi connectivity index (χ4n) is 3.67. The number of rotatable bonds is 8. The molecule has 0 bridgehead atoms. The molecule has 10 nitrogen and oxygen atoms in total. The number of aryl methyl sites for hydroxylation is 1. The zero-order valence-electron chi connectivity index (χ0n) is 18.8. The Kier molecular flexibility index (Phi) is 7.55. The summed E-state index contributed by atoms with van der Waals surface area (Å²) >= 11 is 6.29. The van der Waals surface area contributed by atoms with Gasteiger partial charge in [0, 0.05) is 31.9 Å². The second kappa shape index (κ2) is 10.0. The first-order valence-electron chi connectivity index (χ1n) is 10.2. The molecular formula is C21H26ClN3O7S. The molecule has 1 aromatic heterocycles. The standard InChI is InChI=1S/C21H26ClN3O7S/c1-5-32-21(27)17-11-14(12-24(17)2)33(28,29)25-8-6-7-16(25)20(26)23-19-15(22)9-13(30-3)10-18(19)31-4/h9-12,16H,5-8H2,1-4H3,(H,23,26). The van der Waals surface area contributed by atoms with E-state index >= 15 is 0 Å². The van der Waals surface area contributed by atoms with Crippen LogP contribution in [0.5, 0.6) is 11.5 Å². The molecule has 1 amide bonds. The van der Waals surface area contributed by atoms with Gasteiger partial charge in [-0.2, -0.15) is 4.31 Å². The molecule has 1 saturated heterocycles. The van der Waals surface area contributed by atoms with Crippen LogP contribution >= 0.6 is 11.6 Å². The van der Waals surface area contributed by atoms with Gasteiger partial charge in [-0.05, 0) is 25.8 Å². The van der Waals surface area contributed by atoms with E-state index < -0.39 is 27.9 Å². The molecule has 1 aliphatic rings. The van der Waals surface area contributed by atoms with Gasteiger partial charge in [0.25, 0.3) is 0 Å². The average molecular weight is 500 g/mol. The molecule has 3 rings (SSSR count). The number of anilines is 1. The van der Waals surface area contributed by atoms with Gasteiger partial charge >= 0.3 is 5.97 Å². The van der Waals surface area contributed by atoms with Crippen molar-refractivity contribution < 1.29 is 32.2 Å². The summed E-state index contributed by atoms with van der Waals surface area (Å²) in [6.07, 6.45) is 2.17. The summed E-state index contributed by atoms with van der Waals surface area (Å²) in [6.45, 7) is 1.99. The smallest absolute Gasteiger partial charge is 0.354 e. The van der Waals surface area contributed by atoms with Crippen LogP contribution < -0.4 is 14.8 Å². The number of benzene rings is 1. The van der Waals surface area contributed by atoms with Crippen molar-refractivity contribution in [3.63, 3.8) is 0 Å². The highest BCUT2D eigenvalue weighted by Crippen LogP contribution is 2.37. The molecule has 180 valence electrons. The average Bonchev–Trinajstić information content (AvgIpc) is 3.43. The summed E-state index contributed by atoms with van der Waals surface area (Å²) in [6, 6.07) is 3.38. The van der Waals surface area contributed by atoms with Gasteiger partial charge in [-0.15, -0.1) is 0 Å². The van der Waals surface area contributed by atoms with E-state index in [4.69, 9.17) is 25.8 Å². The van der Waals surface area contributed by atoms with E-state index in [9.17, 15) is 18.0 Å². The van der Waals surface area contributed by atoms with Gasteiger partial charge in [0.05, 0.1) is 25.8 Å². The Hall–Kier alpha value is -2.76. The minimum atomic E-state index is -4.05. The van der Waals surface area contributed by atoms with E-state index in [0.29, 0.717) is 18.6 Å². The first-order valence-corrected chi connectivity index (χ1v) is 12.0. The first-order chi connectivity index (χ1) is 15.6. The molecule has 1 aliphatic heterocycles. The Morgan fingerprint density at radius 3 is 2.58 bits per heavy atom. The van der Waals surface area contributed by atoms with Crippen LogP contribution in [0.3, 0.4) is 0 Å². The number of methoxy groups -OCH3 is 2. The quantitative estimate of drug-likeness (QED) is 0.555. The molecule has 12 heteroatoms. The lowest BCUT2D eigenvalue weighted by Gasteiger charge is -2.23. The van der Waals surface area contributed by atoms with Crippen molar-refractivity contribution in [3.05, 3.63) is 35.1 Å². The normalized spacial score (nSPS) is 16.5. The fraction of sp³-hybridized carbons (Fsp3) is 0.429. The molecule has 2 aromatic rings. The third kappa shape index (κ3) is 4.94. The molecule has 1 aromatic carbocycles. The lowest BCUT2D eigenvalue weighted by molar-refractivity contribution is -0.119. The SMILES string of the molecule is CCOC(=O)c1cc(S(=O)(=O)N2CCCC2C(=O)Nc2c(Cl)cc(OC)cc2OC)cn1C. The molecule has 0 spiro atoms. The topological polar surface area (TPSA) is 116 Å². The first kappa shape index (κ1) is 24.9. The molecular weight excluding hydrogens is 474 g/mol. The van der Waals surface area contributed by atoms with Crippen LogP contribution in [0.4, 0.5) is 5.69 Å². The summed E-state index contributed by atoms with van der Waals surface area (Å²) in [7, 11) is 0.395. The minimum Gasteiger partial charge on any atom is -0.497 e. The maximum absolute atomic E-state index is 13.3. The molecule has 0 aliphatic carbocycles. The summed E-state index contributed by atoms with van der Waals surface area (Å²) < 4.78 is 44.6. The Labute approximate surface area is 197 Å². The predicted molar refractivity (Wildman–Crippen MR) is 121 cm³/mol. The molecule has 1 unspecified atom stereocenters. The van der Waals surface area contributed by atoms with E-state index in [1.54, 1.807) is 20.0 Å².